The number of nitrogens with zero attached hydrogens (tertiary/aromatic N) is 1. The van der Waals surface area contributed by atoms with E-state index in [-0.39, 0.29) is 36.4 Å². The summed E-state index contributed by atoms with van der Waals surface area (Å²) < 4.78 is 31.0. The summed E-state index contributed by atoms with van der Waals surface area (Å²) in [4.78, 5) is 11.9. The van der Waals surface area contributed by atoms with E-state index >= 15 is 0 Å². The van der Waals surface area contributed by atoms with Crippen LogP contribution in [0.1, 0.15) is 38.5 Å². The molecule has 156 valence electrons. The Bertz CT molecular complexity index is 623. The average molecular weight is 463 g/mol. The van der Waals surface area contributed by atoms with E-state index in [1.54, 1.807) is 4.31 Å². The van der Waals surface area contributed by atoms with Crippen molar-refractivity contribution in [2.75, 3.05) is 25.4 Å². The zero-order valence-corrected chi connectivity index (χ0v) is 18.1. The summed E-state index contributed by atoms with van der Waals surface area (Å²) in [6.07, 6.45) is 4.00. The highest BCUT2D eigenvalue weighted by atomic mass is 35.6. The van der Waals surface area contributed by atoms with Gasteiger partial charge in [0.1, 0.15) is 6.61 Å². The molecular formula is C16H26Cl3N3O4S. The van der Waals surface area contributed by atoms with Gasteiger partial charge in [-0.1, -0.05) is 34.8 Å². The topological polar surface area (TPSA) is 87.7 Å². The molecular weight excluding hydrogens is 437 g/mol. The Labute approximate surface area is 175 Å². The Kier molecular flexibility index (Phi) is 7.07. The van der Waals surface area contributed by atoms with Gasteiger partial charge in [-0.15, -0.1) is 0 Å². The summed E-state index contributed by atoms with van der Waals surface area (Å²) in [6, 6.07) is -0.251. The van der Waals surface area contributed by atoms with Crippen molar-refractivity contribution >= 4 is 50.9 Å². The number of alkyl carbamates (subject to hydrolysis) is 1. The lowest BCUT2D eigenvalue weighted by Crippen LogP contribution is -2.53. The van der Waals surface area contributed by atoms with E-state index in [1.807, 2.05) is 0 Å². The van der Waals surface area contributed by atoms with Gasteiger partial charge < -0.3 is 15.4 Å². The molecule has 0 radical (unpaired) electrons. The first-order chi connectivity index (χ1) is 12.6. The van der Waals surface area contributed by atoms with Gasteiger partial charge >= 0.3 is 6.09 Å². The number of fused-ring (bicyclic) bond motifs is 2. The Morgan fingerprint density at radius 1 is 1.11 bits per heavy atom. The fourth-order valence-corrected chi connectivity index (χ4v) is 7.05. The normalized spacial score (nSPS) is 30.3. The van der Waals surface area contributed by atoms with Crippen LogP contribution in [-0.4, -0.2) is 66.2 Å². The number of alkyl halides is 3. The van der Waals surface area contributed by atoms with E-state index < -0.39 is 19.9 Å². The van der Waals surface area contributed by atoms with Crippen LogP contribution in [0.5, 0.6) is 0 Å². The molecule has 0 aromatic rings. The molecule has 3 heterocycles. The lowest BCUT2D eigenvalue weighted by Gasteiger charge is -2.39. The van der Waals surface area contributed by atoms with Crippen LogP contribution in [0.3, 0.4) is 0 Å². The predicted octanol–water partition coefficient (Wildman–Crippen LogP) is 2.41. The van der Waals surface area contributed by atoms with Gasteiger partial charge in [0.25, 0.3) is 0 Å². The Morgan fingerprint density at radius 3 is 2.26 bits per heavy atom. The number of hydrogen-bond donors (Lipinski definition) is 2. The molecule has 0 saturated carbocycles. The summed E-state index contributed by atoms with van der Waals surface area (Å²) in [7, 11) is -3.29. The monoisotopic (exact) mass is 461 g/mol. The molecule has 0 spiro atoms. The molecule has 0 aliphatic carbocycles. The molecule has 3 aliphatic heterocycles. The highest BCUT2D eigenvalue weighted by Crippen LogP contribution is 2.39. The number of nitrogens with one attached hydrogen (secondary N) is 2. The van der Waals surface area contributed by atoms with Gasteiger partial charge in [-0.25, -0.2) is 13.2 Å². The highest BCUT2D eigenvalue weighted by Gasteiger charge is 2.47. The summed E-state index contributed by atoms with van der Waals surface area (Å²) in [5.74, 6) is 0.453. The maximum absolute atomic E-state index is 13.0. The largest absolute Gasteiger partial charge is 0.445 e. The molecule has 3 atom stereocenters. The van der Waals surface area contributed by atoms with Gasteiger partial charge in [0, 0.05) is 18.1 Å². The molecule has 1 amide bonds. The Morgan fingerprint density at radius 2 is 1.70 bits per heavy atom. The highest BCUT2D eigenvalue weighted by molar-refractivity contribution is 7.89. The van der Waals surface area contributed by atoms with E-state index in [4.69, 9.17) is 39.5 Å². The van der Waals surface area contributed by atoms with Gasteiger partial charge in [0.05, 0.1) is 5.75 Å². The molecule has 27 heavy (non-hydrogen) atoms. The van der Waals surface area contributed by atoms with Crippen molar-refractivity contribution in [3.8, 4) is 0 Å². The molecule has 11 heteroatoms. The second-order valence-corrected chi connectivity index (χ2v) is 12.1. The SMILES string of the molecule is O=C(NC1C[C@H]2CC[C@@H](C1)N2S(=O)(=O)CC1CCNCC1)OCC(Cl)(Cl)Cl. The van der Waals surface area contributed by atoms with Gasteiger partial charge in [0.15, 0.2) is 0 Å². The minimum Gasteiger partial charge on any atom is -0.445 e. The molecule has 3 saturated heterocycles. The van der Waals surface area contributed by atoms with Crippen LogP contribution in [0.2, 0.25) is 0 Å². The molecule has 0 aromatic heterocycles. The number of rotatable bonds is 5. The van der Waals surface area contributed by atoms with Crippen molar-refractivity contribution in [2.24, 2.45) is 5.92 Å². The maximum atomic E-state index is 13.0. The van der Waals surface area contributed by atoms with Crippen molar-refractivity contribution < 1.29 is 17.9 Å². The smallest absolute Gasteiger partial charge is 0.407 e. The summed E-state index contributed by atoms with van der Waals surface area (Å²) in [5.41, 5.74) is 0. The molecule has 2 N–H and O–H groups in total. The number of sulfonamides is 1. The minimum absolute atomic E-state index is 0.0612. The maximum Gasteiger partial charge on any atom is 0.407 e. The number of carbonyl (C=O) groups excluding carboxylic acids is 1. The van der Waals surface area contributed by atoms with Gasteiger partial charge in [-0.2, -0.15) is 4.31 Å². The fraction of sp³-hybridized carbons (Fsp3) is 0.938. The van der Waals surface area contributed by atoms with E-state index in [2.05, 4.69) is 10.6 Å². The first-order valence-electron chi connectivity index (χ1n) is 9.36. The number of ether oxygens (including phenoxy) is 1. The second-order valence-electron chi connectivity index (χ2n) is 7.69. The van der Waals surface area contributed by atoms with Crippen molar-refractivity contribution in [1.29, 1.82) is 0 Å². The van der Waals surface area contributed by atoms with Crippen molar-refractivity contribution in [3.63, 3.8) is 0 Å². The molecule has 0 aromatic carbocycles. The summed E-state index contributed by atoms with van der Waals surface area (Å²) >= 11 is 16.7. The molecule has 1 unspecified atom stereocenters. The molecule has 3 fully saturated rings. The number of hydrogen-bond acceptors (Lipinski definition) is 5. The summed E-state index contributed by atoms with van der Waals surface area (Å²) in [6.45, 7) is 1.44. The van der Waals surface area contributed by atoms with Crippen molar-refractivity contribution in [1.82, 2.24) is 14.9 Å². The first kappa shape index (κ1) is 21.7. The molecule has 7 nitrogen and oxygen atoms in total. The van der Waals surface area contributed by atoms with Gasteiger partial charge in [-0.3, -0.25) is 0 Å². The van der Waals surface area contributed by atoms with Crippen molar-refractivity contribution in [3.05, 3.63) is 0 Å². The number of amides is 1. The van der Waals surface area contributed by atoms with E-state index in [0.717, 1.165) is 38.8 Å². The second kappa shape index (κ2) is 8.79. The van der Waals surface area contributed by atoms with Crippen LogP contribution in [0.25, 0.3) is 0 Å². The standard InChI is InChI=1S/C16H26Cl3N3O4S/c17-16(18,19)10-26-15(23)21-12-7-13-1-2-14(8-12)22(13)27(24,25)9-11-3-5-20-6-4-11/h11-14,20H,1-10H2,(H,21,23)/t12?,13-,14+. The van der Waals surface area contributed by atoms with Crippen LogP contribution in [-0.2, 0) is 14.8 Å². The third-order valence-electron chi connectivity index (χ3n) is 5.58. The minimum atomic E-state index is -3.29. The molecule has 3 rings (SSSR count). The third kappa shape index (κ3) is 6.00. The molecule has 3 aliphatic rings. The number of halogens is 3. The third-order valence-corrected chi connectivity index (χ3v) is 8.04. The fourth-order valence-electron chi connectivity index (χ4n) is 4.49. The lowest BCUT2D eigenvalue weighted by atomic mass is 10.00. The average Bonchev–Trinajstić information content (AvgIpc) is 2.86. The Hall–Kier alpha value is 0.01000. The van der Waals surface area contributed by atoms with E-state index in [9.17, 15) is 13.2 Å². The number of piperidine rings is 2. The quantitative estimate of drug-likeness (QED) is 0.613. The van der Waals surface area contributed by atoms with Gasteiger partial charge in [0.2, 0.25) is 13.8 Å². The lowest BCUT2D eigenvalue weighted by molar-refractivity contribution is 0.133. The van der Waals surface area contributed by atoms with Crippen LogP contribution < -0.4 is 10.6 Å². The number of carbonyl (C=O) groups is 1. The van der Waals surface area contributed by atoms with Crippen LogP contribution in [0.15, 0.2) is 0 Å². The predicted molar refractivity (Wildman–Crippen MR) is 106 cm³/mol. The van der Waals surface area contributed by atoms with Crippen LogP contribution >= 0.6 is 34.8 Å². The summed E-state index contributed by atoms with van der Waals surface area (Å²) in [5, 5.41) is 6.05. The van der Waals surface area contributed by atoms with Crippen LogP contribution in [0.4, 0.5) is 4.79 Å². The Balaban J connectivity index is 1.54. The van der Waals surface area contributed by atoms with Crippen LogP contribution in [0, 0.1) is 5.92 Å². The van der Waals surface area contributed by atoms with E-state index in [1.165, 1.54) is 0 Å². The van der Waals surface area contributed by atoms with Crippen molar-refractivity contribution in [2.45, 2.75) is 60.4 Å². The zero-order valence-electron chi connectivity index (χ0n) is 15.0. The zero-order chi connectivity index (χ0) is 19.7. The first-order valence-corrected chi connectivity index (χ1v) is 12.1. The van der Waals surface area contributed by atoms with Gasteiger partial charge in [-0.05, 0) is 57.5 Å². The molecule has 2 bridgehead atoms. The van der Waals surface area contributed by atoms with E-state index in [0.29, 0.717) is 12.8 Å².